The first kappa shape index (κ1) is 14.7. The van der Waals surface area contributed by atoms with Gasteiger partial charge >= 0.3 is 5.97 Å². The molecule has 6 heteroatoms. The SMILES string of the molecule is COC(=O)C(O)C(O)c1cc(F)ccc1OCC1CC1. The molecule has 0 spiro atoms. The minimum atomic E-state index is -1.79. The van der Waals surface area contributed by atoms with E-state index in [0.717, 1.165) is 26.0 Å². The number of carbonyl (C=O) groups is 1. The van der Waals surface area contributed by atoms with E-state index in [0.29, 0.717) is 12.5 Å². The van der Waals surface area contributed by atoms with E-state index < -0.39 is 24.0 Å². The van der Waals surface area contributed by atoms with Gasteiger partial charge in [-0.3, -0.25) is 0 Å². The van der Waals surface area contributed by atoms with Crippen LogP contribution < -0.4 is 4.74 Å². The lowest BCUT2D eigenvalue weighted by atomic mass is 10.0. The minimum Gasteiger partial charge on any atom is -0.493 e. The lowest BCUT2D eigenvalue weighted by Gasteiger charge is -2.19. The van der Waals surface area contributed by atoms with Gasteiger partial charge in [-0.05, 0) is 37.0 Å². The molecule has 1 saturated carbocycles. The van der Waals surface area contributed by atoms with Crippen molar-refractivity contribution in [2.75, 3.05) is 13.7 Å². The summed E-state index contributed by atoms with van der Waals surface area (Å²) in [6, 6.07) is 3.61. The van der Waals surface area contributed by atoms with Crippen LogP contribution in [-0.2, 0) is 9.53 Å². The van der Waals surface area contributed by atoms with Crippen LogP contribution in [-0.4, -0.2) is 36.0 Å². The number of rotatable bonds is 6. The number of aliphatic hydroxyl groups is 2. The van der Waals surface area contributed by atoms with Gasteiger partial charge in [-0.2, -0.15) is 0 Å². The second-order valence-electron chi connectivity index (χ2n) is 4.85. The van der Waals surface area contributed by atoms with Gasteiger partial charge in [0.1, 0.15) is 17.7 Å². The van der Waals surface area contributed by atoms with Crippen molar-refractivity contribution in [3.05, 3.63) is 29.6 Å². The molecule has 0 heterocycles. The van der Waals surface area contributed by atoms with Crippen molar-refractivity contribution < 1.29 is 28.9 Å². The molecule has 2 rings (SSSR count). The van der Waals surface area contributed by atoms with Gasteiger partial charge in [-0.1, -0.05) is 0 Å². The summed E-state index contributed by atoms with van der Waals surface area (Å²) in [6.45, 7) is 0.472. The van der Waals surface area contributed by atoms with Crippen molar-refractivity contribution >= 4 is 5.97 Å². The number of halogens is 1. The Morgan fingerprint density at radius 1 is 1.45 bits per heavy atom. The van der Waals surface area contributed by atoms with Crippen molar-refractivity contribution in [3.63, 3.8) is 0 Å². The summed E-state index contributed by atoms with van der Waals surface area (Å²) in [6.07, 6.45) is -1.22. The van der Waals surface area contributed by atoms with E-state index in [1.165, 1.54) is 12.1 Å². The quantitative estimate of drug-likeness (QED) is 0.767. The molecule has 5 nitrogen and oxygen atoms in total. The van der Waals surface area contributed by atoms with Crippen LogP contribution in [0.1, 0.15) is 24.5 Å². The molecular formula is C14H17FO5. The lowest BCUT2D eigenvalue weighted by molar-refractivity contribution is -0.156. The third-order valence-electron chi connectivity index (χ3n) is 3.20. The maximum Gasteiger partial charge on any atom is 0.337 e. The molecule has 0 saturated heterocycles. The summed E-state index contributed by atoms with van der Waals surface area (Å²) in [5.74, 6) is -0.839. The van der Waals surface area contributed by atoms with E-state index in [-0.39, 0.29) is 11.3 Å². The van der Waals surface area contributed by atoms with E-state index in [1.807, 2.05) is 0 Å². The number of esters is 1. The number of methoxy groups -OCH3 is 1. The molecule has 1 aromatic carbocycles. The zero-order chi connectivity index (χ0) is 14.7. The number of benzene rings is 1. The normalized spacial score (nSPS) is 17.4. The molecule has 2 atom stereocenters. The largest absolute Gasteiger partial charge is 0.493 e. The Kier molecular flexibility index (Phi) is 4.57. The van der Waals surface area contributed by atoms with Gasteiger partial charge in [0.05, 0.1) is 13.7 Å². The fourth-order valence-electron chi connectivity index (χ4n) is 1.79. The molecule has 1 aliphatic carbocycles. The van der Waals surface area contributed by atoms with Crippen molar-refractivity contribution in [2.45, 2.75) is 25.0 Å². The van der Waals surface area contributed by atoms with Crippen molar-refractivity contribution in [1.82, 2.24) is 0 Å². The summed E-state index contributed by atoms with van der Waals surface area (Å²) in [7, 11) is 1.09. The summed E-state index contributed by atoms with van der Waals surface area (Å²) < 4.78 is 23.2. The van der Waals surface area contributed by atoms with Crippen LogP contribution in [0.3, 0.4) is 0 Å². The monoisotopic (exact) mass is 284 g/mol. The molecule has 0 amide bonds. The number of carbonyl (C=O) groups excluding carboxylic acids is 1. The van der Waals surface area contributed by atoms with Crippen LogP contribution >= 0.6 is 0 Å². The van der Waals surface area contributed by atoms with Gasteiger partial charge in [0.25, 0.3) is 0 Å². The third-order valence-corrected chi connectivity index (χ3v) is 3.20. The Hall–Kier alpha value is -1.66. The molecule has 0 aliphatic heterocycles. The Balaban J connectivity index is 2.18. The molecule has 0 radical (unpaired) electrons. The van der Waals surface area contributed by atoms with E-state index in [9.17, 15) is 19.4 Å². The first-order valence-corrected chi connectivity index (χ1v) is 6.39. The molecule has 0 bridgehead atoms. The van der Waals surface area contributed by atoms with Gasteiger partial charge in [-0.15, -0.1) is 0 Å². The van der Waals surface area contributed by atoms with Gasteiger partial charge in [0.15, 0.2) is 6.10 Å². The van der Waals surface area contributed by atoms with Crippen LogP contribution in [0.4, 0.5) is 4.39 Å². The molecule has 2 unspecified atom stereocenters. The second kappa shape index (κ2) is 6.19. The van der Waals surface area contributed by atoms with Crippen LogP contribution in [0.2, 0.25) is 0 Å². The minimum absolute atomic E-state index is 0.0311. The van der Waals surface area contributed by atoms with Crippen molar-refractivity contribution in [2.24, 2.45) is 5.92 Å². The highest BCUT2D eigenvalue weighted by Crippen LogP contribution is 2.33. The smallest absolute Gasteiger partial charge is 0.337 e. The number of aliphatic hydroxyl groups excluding tert-OH is 2. The number of hydrogen-bond donors (Lipinski definition) is 2. The lowest BCUT2D eigenvalue weighted by Crippen LogP contribution is -2.29. The van der Waals surface area contributed by atoms with Crippen LogP contribution in [0.15, 0.2) is 18.2 Å². The number of hydrogen-bond acceptors (Lipinski definition) is 5. The van der Waals surface area contributed by atoms with Crippen LogP contribution in [0.25, 0.3) is 0 Å². The fraction of sp³-hybridized carbons (Fsp3) is 0.500. The molecule has 1 aromatic rings. The number of ether oxygens (including phenoxy) is 2. The zero-order valence-electron chi connectivity index (χ0n) is 11.1. The molecule has 1 aliphatic rings. The predicted molar refractivity (Wildman–Crippen MR) is 67.6 cm³/mol. The Bertz CT molecular complexity index is 486. The predicted octanol–water partition coefficient (Wildman–Crippen LogP) is 1.18. The molecule has 20 heavy (non-hydrogen) atoms. The highest BCUT2D eigenvalue weighted by atomic mass is 19.1. The molecule has 110 valence electrons. The molecule has 2 N–H and O–H groups in total. The van der Waals surface area contributed by atoms with Gasteiger partial charge in [0.2, 0.25) is 0 Å². The molecule has 1 fully saturated rings. The fourth-order valence-corrected chi connectivity index (χ4v) is 1.79. The zero-order valence-corrected chi connectivity index (χ0v) is 11.1. The van der Waals surface area contributed by atoms with E-state index in [4.69, 9.17) is 4.74 Å². The Labute approximate surface area is 115 Å². The second-order valence-corrected chi connectivity index (χ2v) is 4.85. The molecular weight excluding hydrogens is 267 g/mol. The van der Waals surface area contributed by atoms with Gasteiger partial charge in [-0.25, -0.2) is 9.18 Å². The van der Waals surface area contributed by atoms with Crippen LogP contribution in [0.5, 0.6) is 5.75 Å². The Morgan fingerprint density at radius 3 is 2.75 bits per heavy atom. The first-order chi connectivity index (χ1) is 9.52. The maximum absolute atomic E-state index is 13.3. The maximum atomic E-state index is 13.3. The topological polar surface area (TPSA) is 76.0 Å². The van der Waals surface area contributed by atoms with Crippen molar-refractivity contribution in [3.8, 4) is 5.75 Å². The highest BCUT2D eigenvalue weighted by molar-refractivity contribution is 5.75. The summed E-state index contributed by atoms with van der Waals surface area (Å²) in [5, 5.41) is 19.6. The van der Waals surface area contributed by atoms with E-state index in [1.54, 1.807) is 0 Å². The van der Waals surface area contributed by atoms with Crippen LogP contribution in [0, 0.1) is 11.7 Å². The first-order valence-electron chi connectivity index (χ1n) is 6.39. The average Bonchev–Trinajstić information content (AvgIpc) is 3.27. The summed E-state index contributed by atoms with van der Waals surface area (Å²) in [5.41, 5.74) is 0.0311. The van der Waals surface area contributed by atoms with Crippen molar-refractivity contribution in [1.29, 1.82) is 0 Å². The highest BCUT2D eigenvalue weighted by Gasteiger charge is 2.30. The summed E-state index contributed by atoms with van der Waals surface area (Å²) in [4.78, 5) is 11.2. The molecule has 0 aromatic heterocycles. The standard InChI is InChI=1S/C14H17FO5/c1-19-14(18)13(17)12(16)10-6-9(15)4-5-11(10)20-7-8-2-3-8/h4-6,8,12-13,16-17H,2-3,7H2,1H3. The van der Waals surface area contributed by atoms with Gasteiger partial charge < -0.3 is 19.7 Å². The van der Waals surface area contributed by atoms with E-state index >= 15 is 0 Å². The average molecular weight is 284 g/mol. The third kappa shape index (κ3) is 3.46. The summed E-state index contributed by atoms with van der Waals surface area (Å²) >= 11 is 0. The van der Waals surface area contributed by atoms with E-state index in [2.05, 4.69) is 4.74 Å². The Morgan fingerprint density at radius 2 is 2.15 bits per heavy atom. The van der Waals surface area contributed by atoms with Gasteiger partial charge in [0, 0.05) is 5.56 Å².